The number of benzene rings is 1. The fourth-order valence-electron chi connectivity index (χ4n) is 3.03. The first kappa shape index (κ1) is 22.8. The second-order valence-corrected chi connectivity index (χ2v) is 6.21. The summed E-state index contributed by atoms with van der Waals surface area (Å²) >= 11 is 0. The fraction of sp³-hybridized carbons (Fsp3) is 0.611. The molecule has 0 radical (unpaired) electrons. The van der Waals surface area contributed by atoms with Crippen LogP contribution in [-0.2, 0) is 9.53 Å². The van der Waals surface area contributed by atoms with Gasteiger partial charge in [-0.2, -0.15) is 0 Å². The van der Waals surface area contributed by atoms with Gasteiger partial charge in [0.1, 0.15) is 19.3 Å². The summed E-state index contributed by atoms with van der Waals surface area (Å²) in [6.07, 6.45) is 0.525. The monoisotopic (exact) mass is 406 g/mol. The van der Waals surface area contributed by atoms with E-state index in [4.69, 9.17) is 14.2 Å². The number of piperazine rings is 1. The lowest BCUT2D eigenvalue weighted by Gasteiger charge is -2.37. The van der Waals surface area contributed by atoms with Crippen LogP contribution in [0.15, 0.2) is 24.3 Å². The first-order valence-corrected chi connectivity index (χ1v) is 8.73. The molecule has 1 aromatic rings. The molecule has 8 heteroatoms. The van der Waals surface area contributed by atoms with Crippen molar-refractivity contribution in [3.8, 4) is 11.5 Å². The van der Waals surface area contributed by atoms with Crippen LogP contribution in [0.1, 0.15) is 13.3 Å². The molecule has 0 saturated carbocycles. The molecule has 0 aliphatic carbocycles. The number of rotatable bonds is 6. The maximum atomic E-state index is 11.1. The first-order chi connectivity index (χ1) is 11.7. The number of ether oxygens (including phenoxy) is 3. The molecule has 0 aromatic heterocycles. The van der Waals surface area contributed by atoms with E-state index in [1.807, 2.05) is 31.2 Å². The van der Waals surface area contributed by atoms with E-state index in [9.17, 15) is 4.79 Å². The van der Waals surface area contributed by atoms with Crippen molar-refractivity contribution < 1.29 is 19.0 Å². The summed E-state index contributed by atoms with van der Waals surface area (Å²) in [4.78, 5) is 15.9. The minimum Gasteiger partial charge on any atom is -0.486 e. The molecule has 0 amide bonds. The lowest BCUT2D eigenvalue weighted by Crippen LogP contribution is -2.51. The van der Waals surface area contributed by atoms with Gasteiger partial charge in [0.2, 0.25) is 0 Å². The van der Waals surface area contributed by atoms with Crippen LogP contribution in [0, 0.1) is 0 Å². The summed E-state index contributed by atoms with van der Waals surface area (Å²) in [6, 6.07) is 7.82. The molecule has 0 bridgehead atoms. The van der Waals surface area contributed by atoms with E-state index < -0.39 is 0 Å². The van der Waals surface area contributed by atoms with Gasteiger partial charge in [-0.15, -0.1) is 24.8 Å². The lowest BCUT2D eigenvalue weighted by atomic mass is 10.2. The van der Waals surface area contributed by atoms with Crippen molar-refractivity contribution in [2.24, 2.45) is 0 Å². The summed E-state index contributed by atoms with van der Waals surface area (Å²) in [7, 11) is 0. The molecule has 0 N–H and O–H groups in total. The van der Waals surface area contributed by atoms with E-state index in [1.54, 1.807) is 0 Å². The predicted molar refractivity (Wildman–Crippen MR) is 105 cm³/mol. The molecule has 0 spiro atoms. The summed E-state index contributed by atoms with van der Waals surface area (Å²) in [5.74, 6) is 1.55. The number of carbonyl (C=O) groups is 1. The number of carbonyl (C=O) groups excluding carboxylic acids is 1. The molecule has 1 fully saturated rings. The Morgan fingerprint density at radius 1 is 1.12 bits per heavy atom. The lowest BCUT2D eigenvalue weighted by molar-refractivity contribution is -0.143. The highest BCUT2D eigenvalue weighted by molar-refractivity contribution is 5.85. The Morgan fingerprint density at radius 2 is 1.77 bits per heavy atom. The molecule has 1 saturated heterocycles. The van der Waals surface area contributed by atoms with Crippen LogP contribution in [0.25, 0.3) is 0 Å². The minimum absolute atomic E-state index is 0. The number of para-hydroxylation sites is 2. The Morgan fingerprint density at radius 3 is 2.46 bits per heavy atom. The third-order valence-corrected chi connectivity index (χ3v) is 4.45. The molecule has 2 heterocycles. The number of halogens is 2. The van der Waals surface area contributed by atoms with Crippen LogP contribution < -0.4 is 9.47 Å². The molecule has 1 unspecified atom stereocenters. The van der Waals surface area contributed by atoms with E-state index in [2.05, 4.69) is 9.80 Å². The second kappa shape index (κ2) is 11.5. The second-order valence-electron chi connectivity index (χ2n) is 6.21. The maximum absolute atomic E-state index is 11.1. The number of nitrogens with zero attached hydrogens (tertiary/aromatic N) is 2. The van der Waals surface area contributed by atoms with E-state index in [0.29, 0.717) is 19.6 Å². The van der Waals surface area contributed by atoms with E-state index >= 15 is 0 Å². The van der Waals surface area contributed by atoms with Gasteiger partial charge in [0.25, 0.3) is 0 Å². The molecule has 2 aliphatic heterocycles. The van der Waals surface area contributed by atoms with Crippen molar-refractivity contribution in [2.45, 2.75) is 19.4 Å². The van der Waals surface area contributed by atoms with Crippen LogP contribution in [0.2, 0.25) is 0 Å². The van der Waals surface area contributed by atoms with Crippen molar-refractivity contribution in [1.29, 1.82) is 0 Å². The van der Waals surface area contributed by atoms with Crippen LogP contribution in [0.5, 0.6) is 11.5 Å². The van der Waals surface area contributed by atoms with E-state index in [-0.39, 0.29) is 36.9 Å². The number of hydrogen-bond acceptors (Lipinski definition) is 6. The Bertz CT molecular complexity index is 554. The van der Waals surface area contributed by atoms with Gasteiger partial charge >= 0.3 is 5.97 Å². The molecular formula is C18H28Cl2N2O4. The van der Waals surface area contributed by atoms with Gasteiger partial charge in [0, 0.05) is 45.7 Å². The average Bonchev–Trinajstić information content (AvgIpc) is 2.63. The largest absolute Gasteiger partial charge is 0.486 e. The highest BCUT2D eigenvalue weighted by atomic mass is 35.5. The Balaban J connectivity index is 0.00000169. The van der Waals surface area contributed by atoms with Crippen LogP contribution in [-0.4, -0.2) is 74.4 Å². The number of fused-ring (bicyclic) bond motifs is 1. The van der Waals surface area contributed by atoms with E-state index in [1.165, 1.54) is 0 Å². The summed E-state index contributed by atoms with van der Waals surface area (Å²) in [6.45, 7) is 8.60. The quantitative estimate of drug-likeness (QED) is 0.675. The highest BCUT2D eigenvalue weighted by Crippen LogP contribution is 2.31. The van der Waals surface area contributed by atoms with Crippen LogP contribution >= 0.6 is 24.8 Å². The van der Waals surface area contributed by atoms with Gasteiger partial charge in [-0.1, -0.05) is 19.1 Å². The van der Waals surface area contributed by atoms with Crippen LogP contribution in [0.4, 0.5) is 0 Å². The maximum Gasteiger partial charge on any atom is 0.305 e. The Labute approximate surface area is 167 Å². The minimum atomic E-state index is -0.122. The topological polar surface area (TPSA) is 51.2 Å². The first-order valence-electron chi connectivity index (χ1n) is 8.73. The normalized spacial score (nSPS) is 19.8. The summed E-state index contributed by atoms with van der Waals surface area (Å²) in [5.41, 5.74) is 0. The molecule has 1 aromatic carbocycles. The number of esters is 1. The highest BCUT2D eigenvalue weighted by Gasteiger charge is 2.25. The molecule has 1 atom stereocenters. The third-order valence-electron chi connectivity index (χ3n) is 4.45. The fourth-order valence-corrected chi connectivity index (χ4v) is 3.03. The zero-order valence-corrected chi connectivity index (χ0v) is 16.7. The Hall–Kier alpha value is -1.21. The van der Waals surface area contributed by atoms with Crippen molar-refractivity contribution in [3.63, 3.8) is 0 Å². The smallest absolute Gasteiger partial charge is 0.305 e. The average molecular weight is 407 g/mol. The summed E-state index contributed by atoms with van der Waals surface area (Å²) < 4.78 is 16.9. The standard InChI is InChI=1S/C18H26N2O4.2ClH/c1-2-18(21)22-12-11-19-7-9-20(10-8-19)13-15-14-23-16-5-3-4-6-17(16)24-15;;/h3-6,15H,2,7-14H2,1H3;2*1H. The van der Waals surface area contributed by atoms with Crippen molar-refractivity contribution in [2.75, 3.05) is 52.5 Å². The zero-order valence-electron chi connectivity index (χ0n) is 15.1. The number of hydrogen-bond donors (Lipinski definition) is 0. The van der Waals surface area contributed by atoms with Crippen LogP contribution in [0.3, 0.4) is 0 Å². The van der Waals surface area contributed by atoms with Crippen molar-refractivity contribution >= 4 is 30.8 Å². The third kappa shape index (κ3) is 6.50. The van der Waals surface area contributed by atoms with Gasteiger partial charge in [-0.25, -0.2) is 0 Å². The van der Waals surface area contributed by atoms with Crippen molar-refractivity contribution in [1.82, 2.24) is 9.80 Å². The molecule has 3 rings (SSSR count). The molecule has 2 aliphatic rings. The zero-order chi connectivity index (χ0) is 16.8. The van der Waals surface area contributed by atoms with Gasteiger partial charge in [-0.3, -0.25) is 14.6 Å². The van der Waals surface area contributed by atoms with Crippen molar-refractivity contribution in [3.05, 3.63) is 24.3 Å². The molecular weight excluding hydrogens is 379 g/mol. The molecule has 26 heavy (non-hydrogen) atoms. The van der Waals surface area contributed by atoms with Gasteiger partial charge in [0.15, 0.2) is 11.5 Å². The van der Waals surface area contributed by atoms with Gasteiger partial charge < -0.3 is 14.2 Å². The Kier molecular flexibility index (Phi) is 10.1. The van der Waals surface area contributed by atoms with Gasteiger partial charge in [-0.05, 0) is 12.1 Å². The van der Waals surface area contributed by atoms with E-state index in [0.717, 1.165) is 50.8 Å². The predicted octanol–water partition coefficient (Wildman–Crippen LogP) is 2.24. The SMILES string of the molecule is CCC(=O)OCCN1CCN(CC2COc3ccccc3O2)CC1.Cl.Cl. The van der Waals surface area contributed by atoms with Gasteiger partial charge in [0.05, 0.1) is 0 Å². The molecule has 6 nitrogen and oxygen atoms in total. The summed E-state index contributed by atoms with van der Waals surface area (Å²) in [5, 5.41) is 0. The molecule has 148 valence electrons.